The van der Waals surface area contributed by atoms with Gasteiger partial charge in [0.2, 0.25) is 5.91 Å². The first-order valence-corrected chi connectivity index (χ1v) is 7.08. The number of carbonyl (C=O) groups is 3. The molecule has 0 aromatic heterocycles. The fourth-order valence-corrected chi connectivity index (χ4v) is 2.19. The zero-order valence-corrected chi connectivity index (χ0v) is 12.7. The number of carboxylic acids is 1. The number of nitrogens with one attached hydrogen (secondary N) is 1. The van der Waals surface area contributed by atoms with E-state index >= 15 is 0 Å². The van der Waals surface area contributed by atoms with Crippen LogP contribution in [0.3, 0.4) is 0 Å². The summed E-state index contributed by atoms with van der Waals surface area (Å²) in [4.78, 5) is 38.2. The topological polar surface area (TPSA) is 99.2 Å². The van der Waals surface area contributed by atoms with E-state index in [1.54, 1.807) is 11.8 Å². The molecule has 8 nitrogen and oxygen atoms in total. The van der Waals surface area contributed by atoms with Gasteiger partial charge < -0.3 is 25.0 Å². The highest BCUT2D eigenvalue weighted by Gasteiger charge is 2.34. The van der Waals surface area contributed by atoms with Crippen LogP contribution in [0.1, 0.15) is 20.8 Å². The van der Waals surface area contributed by atoms with Crippen molar-refractivity contribution in [3.05, 3.63) is 0 Å². The highest BCUT2D eigenvalue weighted by Crippen LogP contribution is 2.08. The summed E-state index contributed by atoms with van der Waals surface area (Å²) in [6.07, 6.45) is 0. The molecular formula is C13H23N3O5. The molecule has 2 N–H and O–H groups in total. The SMILES string of the molecule is CCN(CC)C(=O)C(C)NC(=O)N1CCOCC1C(=O)O. The van der Waals surface area contributed by atoms with E-state index in [1.165, 1.54) is 4.90 Å². The predicted octanol–water partition coefficient (Wildman–Crippen LogP) is -0.262. The summed E-state index contributed by atoms with van der Waals surface area (Å²) < 4.78 is 5.07. The highest BCUT2D eigenvalue weighted by atomic mass is 16.5. The van der Waals surface area contributed by atoms with Crippen LogP contribution in [0.25, 0.3) is 0 Å². The number of ether oxygens (including phenoxy) is 1. The molecule has 3 amide bonds. The monoisotopic (exact) mass is 301 g/mol. The second kappa shape index (κ2) is 7.82. The summed E-state index contributed by atoms with van der Waals surface area (Å²) >= 11 is 0. The molecule has 21 heavy (non-hydrogen) atoms. The average molecular weight is 301 g/mol. The minimum Gasteiger partial charge on any atom is -0.480 e. The third-order valence-corrected chi connectivity index (χ3v) is 3.46. The minimum atomic E-state index is -1.12. The van der Waals surface area contributed by atoms with Crippen LogP contribution in [0, 0.1) is 0 Å². The standard InChI is InChI=1S/C13H23N3O5/c1-4-15(5-2)11(17)9(3)14-13(20)16-6-7-21-8-10(16)12(18)19/h9-10H,4-8H2,1-3H3,(H,14,20)(H,18,19). The average Bonchev–Trinajstić information content (AvgIpc) is 2.48. The van der Waals surface area contributed by atoms with Crippen LogP contribution in [0.2, 0.25) is 0 Å². The quantitative estimate of drug-likeness (QED) is 0.729. The maximum absolute atomic E-state index is 12.2. The van der Waals surface area contributed by atoms with Gasteiger partial charge >= 0.3 is 12.0 Å². The fourth-order valence-electron chi connectivity index (χ4n) is 2.19. The van der Waals surface area contributed by atoms with Gasteiger partial charge in [0.1, 0.15) is 6.04 Å². The lowest BCUT2D eigenvalue weighted by molar-refractivity contribution is -0.147. The molecule has 1 heterocycles. The number of morpholine rings is 1. The van der Waals surface area contributed by atoms with E-state index in [1.807, 2.05) is 13.8 Å². The third kappa shape index (κ3) is 4.32. The Labute approximate surface area is 124 Å². The number of urea groups is 1. The van der Waals surface area contributed by atoms with Gasteiger partial charge in [0.15, 0.2) is 6.04 Å². The number of carboxylic acid groups (broad SMARTS) is 1. The molecule has 1 saturated heterocycles. The molecule has 8 heteroatoms. The number of amides is 3. The van der Waals surface area contributed by atoms with Gasteiger partial charge in [0, 0.05) is 19.6 Å². The van der Waals surface area contributed by atoms with Crippen molar-refractivity contribution in [2.75, 3.05) is 32.8 Å². The van der Waals surface area contributed by atoms with Crippen LogP contribution in [-0.4, -0.2) is 77.7 Å². The molecular weight excluding hydrogens is 278 g/mol. The summed E-state index contributed by atoms with van der Waals surface area (Å²) in [7, 11) is 0. The Kier molecular flexibility index (Phi) is 6.41. The van der Waals surface area contributed by atoms with Crippen molar-refractivity contribution in [2.45, 2.75) is 32.9 Å². The zero-order valence-electron chi connectivity index (χ0n) is 12.7. The Hall–Kier alpha value is -1.83. The van der Waals surface area contributed by atoms with Crippen molar-refractivity contribution in [1.82, 2.24) is 15.1 Å². The number of aliphatic carboxylic acids is 1. The van der Waals surface area contributed by atoms with Crippen molar-refractivity contribution in [3.8, 4) is 0 Å². The summed E-state index contributed by atoms with van der Waals surface area (Å²) in [6, 6.07) is -2.28. The number of carbonyl (C=O) groups excluding carboxylic acids is 2. The first-order valence-electron chi connectivity index (χ1n) is 7.08. The van der Waals surface area contributed by atoms with Gasteiger partial charge in [-0.25, -0.2) is 9.59 Å². The number of nitrogens with zero attached hydrogens (tertiary/aromatic N) is 2. The maximum atomic E-state index is 12.2. The van der Waals surface area contributed by atoms with Crippen molar-refractivity contribution >= 4 is 17.9 Å². The Bertz CT molecular complexity index is 397. The molecule has 0 spiro atoms. The number of rotatable bonds is 5. The van der Waals surface area contributed by atoms with Crippen LogP contribution in [0.5, 0.6) is 0 Å². The zero-order chi connectivity index (χ0) is 16.0. The second-order valence-electron chi connectivity index (χ2n) is 4.80. The number of hydrogen-bond acceptors (Lipinski definition) is 4. The van der Waals surface area contributed by atoms with Gasteiger partial charge in [-0.2, -0.15) is 0 Å². The molecule has 0 saturated carbocycles. The molecule has 120 valence electrons. The molecule has 1 aliphatic rings. The molecule has 2 unspecified atom stereocenters. The van der Waals surface area contributed by atoms with Crippen LogP contribution in [-0.2, 0) is 14.3 Å². The number of hydrogen-bond donors (Lipinski definition) is 2. The summed E-state index contributed by atoms with van der Waals surface area (Å²) in [5.41, 5.74) is 0. The molecule has 1 fully saturated rings. The smallest absolute Gasteiger partial charge is 0.328 e. The molecule has 0 aromatic rings. The second-order valence-corrected chi connectivity index (χ2v) is 4.80. The lowest BCUT2D eigenvalue weighted by Gasteiger charge is -2.34. The van der Waals surface area contributed by atoms with Crippen LogP contribution in [0.15, 0.2) is 0 Å². The van der Waals surface area contributed by atoms with E-state index < -0.39 is 24.1 Å². The van der Waals surface area contributed by atoms with Gasteiger partial charge in [-0.3, -0.25) is 4.79 Å². The third-order valence-electron chi connectivity index (χ3n) is 3.46. The van der Waals surface area contributed by atoms with Gasteiger partial charge in [0.25, 0.3) is 0 Å². The van der Waals surface area contributed by atoms with Gasteiger partial charge in [-0.1, -0.05) is 0 Å². The van der Waals surface area contributed by atoms with Crippen LogP contribution < -0.4 is 5.32 Å². The largest absolute Gasteiger partial charge is 0.480 e. The van der Waals surface area contributed by atoms with Gasteiger partial charge in [-0.15, -0.1) is 0 Å². The lowest BCUT2D eigenvalue weighted by Crippen LogP contribution is -2.58. The summed E-state index contributed by atoms with van der Waals surface area (Å²) in [5, 5.41) is 11.6. The molecule has 0 aliphatic carbocycles. The van der Waals surface area contributed by atoms with E-state index in [0.717, 1.165) is 0 Å². The highest BCUT2D eigenvalue weighted by molar-refractivity contribution is 5.88. The maximum Gasteiger partial charge on any atom is 0.328 e. The molecule has 1 aliphatic heterocycles. The van der Waals surface area contributed by atoms with E-state index in [2.05, 4.69) is 5.32 Å². The lowest BCUT2D eigenvalue weighted by atomic mass is 10.2. The minimum absolute atomic E-state index is 0.0405. The van der Waals surface area contributed by atoms with Gasteiger partial charge in [0.05, 0.1) is 13.2 Å². The van der Waals surface area contributed by atoms with Crippen molar-refractivity contribution in [2.24, 2.45) is 0 Å². The molecule has 0 bridgehead atoms. The summed E-state index contributed by atoms with van der Waals surface area (Å²) in [5.74, 6) is -1.30. The molecule has 0 aromatic carbocycles. The van der Waals surface area contributed by atoms with Crippen molar-refractivity contribution in [1.29, 1.82) is 0 Å². The Morgan fingerprint density at radius 2 is 2.00 bits per heavy atom. The summed E-state index contributed by atoms with van der Waals surface area (Å²) in [6.45, 7) is 6.87. The first kappa shape index (κ1) is 17.2. The van der Waals surface area contributed by atoms with E-state index in [9.17, 15) is 14.4 Å². The Balaban J connectivity index is 2.66. The van der Waals surface area contributed by atoms with E-state index in [-0.39, 0.29) is 25.7 Å². The van der Waals surface area contributed by atoms with E-state index in [4.69, 9.17) is 9.84 Å². The molecule has 1 rings (SSSR count). The van der Waals surface area contributed by atoms with E-state index in [0.29, 0.717) is 13.1 Å². The molecule has 0 radical (unpaired) electrons. The fraction of sp³-hybridized carbons (Fsp3) is 0.769. The van der Waals surface area contributed by atoms with Crippen LogP contribution in [0.4, 0.5) is 4.79 Å². The first-order chi connectivity index (χ1) is 9.92. The normalized spacial score (nSPS) is 19.8. The Morgan fingerprint density at radius 3 is 2.52 bits per heavy atom. The van der Waals surface area contributed by atoms with Crippen molar-refractivity contribution < 1.29 is 24.2 Å². The van der Waals surface area contributed by atoms with Gasteiger partial charge in [-0.05, 0) is 20.8 Å². The Morgan fingerprint density at radius 1 is 1.38 bits per heavy atom. The molecule has 2 atom stereocenters. The van der Waals surface area contributed by atoms with Crippen molar-refractivity contribution in [3.63, 3.8) is 0 Å². The number of likely N-dealkylation sites (N-methyl/N-ethyl adjacent to an activating group) is 1. The predicted molar refractivity (Wildman–Crippen MR) is 74.9 cm³/mol. The van der Waals surface area contributed by atoms with Crippen LogP contribution >= 0.6 is 0 Å².